The molecule has 4 nitrogen and oxygen atoms in total. The van der Waals surface area contributed by atoms with Crippen LogP contribution in [-0.4, -0.2) is 27.7 Å². The Bertz CT molecular complexity index is 539. The van der Waals surface area contributed by atoms with E-state index in [0.29, 0.717) is 12.4 Å². The van der Waals surface area contributed by atoms with Crippen LogP contribution >= 0.6 is 22.3 Å². The Morgan fingerprint density at radius 1 is 1.37 bits per heavy atom. The van der Waals surface area contributed by atoms with Crippen molar-refractivity contribution in [3.05, 3.63) is 23.2 Å². The summed E-state index contributed by atoms with van der Waals surface area (Å²) in [6.07, 6.45) is 3.25. The van der Waals surface area contributed by atoms with E-state index in [4.69, 9.17) is 31.8 Å². The van der Waals surface area contributed by atoms with Crippen molar-refractivity contribution < 1.29 is 17.9 Å². The first-order valence-corrected chi connectivity index (χ1v) is 8.64. The zero-order valence-electron chi connectivity index (χ0n) is 10.1. The highest BCUT2D eigenvalue weighted by Gasteiger charge is 2.16. The fraction of sp³-hybridized carbons (Fsp3) is 0.500. The highest BCUT2D eigenvalue weighted by atomic mass is 35.7. The van der Waals surface area contributed by atoms with Gasteiger partial charge in [-0.2, -0.15) is 0 Å². The van der Waals surface area contributed by atoms with E-state index in [2.05, 4.69) is 0 Å². The number of halogens is 2. The highest BCUT2D eigenvalue weighted by molar-refractivity contribution is 8.13. The van der Waals surface area contributed by atoms with Crippen LogP contribution in [0.2, 0.25) is 5.02 Å². The van der Waals surface area contributed by atoms with Gasteiger partial charge in [0.2, 0.25) is 0 Å². The maximum absolute atomic E-state index is 11.1. The topological polar surface area (TPSA) is 52.6 Å². The summed E-state index contributed by atoms with van der Waals surface area (Å²) in [7, 11) is 1.46. The molecule has 1 aromatic rings. The molecule has 1 aliphatic rings. The summed E-state index contributed by atoms with van der Waals surface area (Å²) in [5.74, 6) is 0.430. The molecule has 1 heterocycles. The largest absolute Gasteiger partial charge is 0.489 e. The van der Waals surface area contributed by atoms with Gasteiger partial charge >= 0.3 is 0 Å². The Morgan fingerprint density at radius 3 is 2.74 bits per heavy atom. The normalized spacial score (nSPS) is 20.2. The van der Waals surface area contributed by atoms with E-state index in [1.807, 2.05) is 0 Å². The van der Waals surface area contributed by atoms with E-state index < -0.39 is 9.05 Å². The maximum Gasteiger partial charge on any atom is 0.261 e. The summed E-state index contributed by atoms with van der Waals surface area (Å²) in [4.78, 5) is -0.0413. The molecule has 0 aromatic heterocycles. The molecule has 0 N–H and O–H groups in total. The standard InChI is InChI=1S/C12H14Cl2O4S/c13-11-7-10(19(14,15)16)4-5-12(11)18-8-9-3-1-2-6-17-9/h4-5,7,9H,1-3,6,8H2. The van der Waals surface area contributed by atoms with Gasteiger partial charge in [-0.3, -0.25) is 0 Å². The molecule has 7 heteroatoms. The predicted octanol–water partition coefficient (Wildman–Crippen LogP) is 3.22. The summed E-state index contributed by atoms with van der Waals surface area (Å²) < 4.78 is 33.4. The number of benzene rings is 1. The van der Waals surface area contributed by atoms with Gasteiger partial charge in [0.25, 0.3) is 9.05 Å². The SMILES string of the molecule is O=S(=O)(Cl)c1ccc(OCC2CCCCO2)c(Cl)c1. The Morgan fingerprint density at radius 2 is 2.16 bits per heavy atom. The van der Waals surface area contributed by atoms with Crippen molar-refractivity contribution in [2.24, 2.45) is 0 Å². The molecule has 0 aliphatic carbocycles. The van der Waals surface area contributed by atoms with Crippen molar-refractivity contribution in [1.29, 1.82) is 0 Å². The smallest absolute Gasteiger partial charge is 0.261 e. The first kappa shape index (κ1) is 14.9. The quantitative estimate of drug-likeness (QED) is 0.798. The Kier molecular flexibility index (Phi) is 4.95. The summed E-state index contributed by atoms with van der Waals surface area (Å²) in [6, 6.07) is 4.15. The Labute approximate surface area is 122 Å². The molecule has 0 amide bonds. The van der Waals surface area contributed by atoms with E-state index >= 15 is 0 Å². The molecule has 0 bridgehead atoms. The molecule has 1 fully saturated rings. The lowest BCUT2D eigenvalue weighted by atomic mass is 10.1. The third-order valence-electron chi connectivity index (χ3n) is 2.88. The number of hydrogen-bond donors (Lipinski definition) is 0. The van der Waals surface area contributed by atoms with Gasteiger partial charge in [-0.05, 0) is 37.5 Å². The molecule has 1 unspecified atom stereocenters. The van der Waals surface area contributed by atoms with Gasteiger partial charge in [0.1, 0.15) is 12.4 Å². The first-order valence-electron chi connectivity index (χ1n) is 5.95. The van der Waals surface area contributed by atoms with Crippen molar-refractivity contribution in [2.75, 3.05) is 13.2 Å². The molecule has 19 heavy (non-hydrogen) atoms. The minimum absolute atomic E-state index is 0.0413. The molecular formula is C12H14Cl2O4S. The monoisotopic (exact) mass is 324 g/mol. The van der Waals surface area contributed by atoms with Gasteiger partial charge in [0.05, 0.1) is 16.0 Å². The molecule has 0 saturated carbocycles. The number of ether oxygens (including phenoxy) is 2. The van der Waals surface area contributed by atoms with Crippen molar-refractivity contribution in [2.45, 2.75) is 30.3 Å². The van der Waals surface area contributed by atoms with Crippen molar-refractivity contribution >= 4 is 31.3 Å². The first-order chi connectivity index (χ1) is 8.97. The average Bonchev–Trinajstić information content (AvgIpc) is 2.37. The molecule has 106 valence electrons. The summed E-state index contributed by atoms with van der Waals surface area (Å²) >= 11 is 5.96. The molecule has 1 aromatic carbocycles. The van der Waals surface area contributed by atoms with E-state index in [0.717, 1.165) is 25.9 Å². The van der Waals surface area contributed by atoms with Crippen molar-refractivity contribution in [3.63, 3.8) is 0 Å². The molecule has 2 rings (SSSR count). The lowest BCUT2D eigenvalue weighted by Crippen LogP contribution is -2.25. The number of rotatable bonds is 4. The van der Waals surface area contributed by atoms with Gasteiger partial charge in [0.15, 0.2) is 0 Å². The van der Waals surface area contributed by atoms with Crippen LogP contribution in [0.4, 0.5) is 0 Å². The third-order valence-corrected chi connectivity index (χ3v) is 4.53. The second kappa shape index (κ2) is 6.31. The van der Waals surface area contributed by atoms with Crippen LogP contribution in [0.1, 0.15) is 19.3 Å². The van der Waals surface area contributed by atoms with Crippen LogP contribution in [0.5, 0.6) is 5.75 Å². The Balaban J connectivity index is 2.01. The highest BCUT2D eigenvalue weighted by Crippen LogP contribution is 2.29. The van der Waals surface area contributed by atoms with Crippen molar-refractivity contribution in [3.8, 4) is 5.75 Å². The maximum atomic E-state index is 11.1. The van der Waals surface area contributed by atoms with E-state index in [9.17, 15) is 8.42 Å². The van der Waals surface area contributed by atoms with Crippen LogP contribution in [0.3, 0.4) is 0 Å². The van der Waals surface area contributed by atoms with Gasteiger partial charge < -0.3 is 9.47 Å². The van der Waals surface area contributed by atoms with Crippen LogP contribution in [0.15, 0.2) is 23.1 Å². The fourth-order valence-corrected chi connectivity index (χ4v) is 2.95. The third kappa shape index (κ3) is 4.24. The van der Waals surface area contributed by atoms with Gasteiger partial charge in [0, 0.05) is 17.3 Å². The van der Waals surface area contributed by atoms with Gasteiger partial charge in [-0.15, -0.1) is 0 Å². The molecule has 1 atom stereocenters. The minimum atomic E-state index is -3.77. The molecule has 1 saturated heterocycles. The van der Waals surface area contributed by atoms with Crippen LogP contribution < -0.4 is 4.74 Å². The second-order valence-corrected chi connectivity index (χ2v) is 7.30. The number of hydrogen-bond acceptors (Lipinski definition) is 4. The van der Waals surface area contributed by atoms with Crippen molar-refractivity contribution in [1.82, 2.24) is 0 Å². The lowest BCUT2D eigenvalue weighted by Gasteiger charge is -2.22. The molecule has 0 radical (unpaired) electrons. The molecule has 1 aliphatic heterocycles. The molecule has 0 spiro atoms. The zero-order chi connectivity index (χ0) is 13.9. The lowest BCUT2D eigenvalue weighted by molar-refractivity contribution is -0.0110. The second-order valence-electron chi connectivity index (χ2n) is 4.33. The van der Waals surface area contributed by atoms with Crippen LogP contribution in [0.25, 0.3) is 0 Å². The predicted molar refractivity (Wildman–Crippen MR) is 73.6 cm³/mol. The molecular weight excluding hydrogens is 311 g/mol. The van der Waals surface area contributed by atoms with Crippen LogP contribution in [0, 0.1) is 0 Å². The average molecular weight is 325 g/mol. The van der Waals surface area contributed by atoms with E-state index in [1.165, 1.54) is 18.2 Å². The minimum Gasteiger partial charge on any atom is -0.489 e. The summed E-state index contributed by atoms with van der Waals surface area (Å²) in [6.45, 7) is 1.16. The van der Waals surface area contributed by atoms with E-state index in [1.54, 1.807) is 0 Å². The van der Waals surface area contributed by atoms with E-state index in [-0.39, 0.29) is 16.0 Å². The van der Waals surface area contributed by atoms with Crippen LogP contribution in [-0.2, 0) is 13.8 Å². The summed E-state index contributed by atoms with van der Waals surface area (Å²) in [5.41, 5.74) is 0. The zero-order valence-corrected chi connectivity index (χ0v) is 12.5. The van der Waals surface area contributed by atoms with Gasteiger partial charge in [-0.25, -0.2) is 8.42 Å². The Hall–Kier alpha value is -0.490. The van der Waals surface area contributed by atoms with Gasteiger partial charge in [-0.1, -0.05) is 11.6 Å². The summed E-state index contributed by atoms with van der Waals surface area (Å²) in [5, 5.41) is 0.220. The fourth-order valence-electron chi connectivity index (χ4n) is 1.87.